The minimum atomic E-state index is -4.31. The average molecular weight is 265 g/mol. The Labute approximate surface area is 88.6 Å². The van der Waals surface area contributed by atoms with Crippen molar-refractivity contribution in [3.05, 3.63) is 39.9 Å². The van der Waals surface area contributed by atoms with E-state index in [-0.39, 0.29) is 4.47 Å². The molecule has 0 aromatic heterocycles. The number of hydrogen-bond acceptors (Lipinski definition) is 0. The molecule has 0 atom stereocenters. The van der Waals surface area contributed by atoms with Gasteiger partial charge in [0.1, 0.15) is 0 Å². The summed E-state index contributed by atoms with van der Waals surface area (Å²) in [7, 11) is 0. The summed E-state index contributed by atoms with van der Waals surface area (Å²) in [6, 6.07) is 4.14. The molecule has 0 heterocycles. The van der Waals surface area contributed by atoms with Crippen molar-refractivity contribution in [3.63, 3.8) is 0 Å². The minimum Gasteiger partial charge on any atom is -0.166 e. The van der Waals surface area contributed by atoms with Crippen LogP contribution in [0.4, 0.5) is 13.2 Å². The Morgan fingerprint density at radius 3 is 2.43 bits per heavy atom. The fraction of sp³-hybridized carbons (Fsp3) is 0.200. The van der Waals surface area contributed by atoms with Crippen molar-refractivity contribution < 1.29 is 13.2 Å². The minimum absolute atomic E-state index is 0.0678. The fourth-order valence-electron chi connectivity index (χ4n) is 1.06. The molecule has 0 spiro atoms. The van der Waals surface area contributed by atoms with E-state index in [4.69, 9.17) is 0 Å². The van der Waals surface area contributed by atoms with Gasteiger partial charge in [-0.15, -0.1) is 0 Å². The smallest absolute Gasteiger partial charge is 0.166 e. The molecular formula is C10H8BrF3. The number of rotatable bonds is 1. The number of alkyl halides is 3. The van der Waals surface area contributed by atoms with Gasteiger partial charge < -0.3 is 0 Å². The average Bonchev–Trinajstić information content (AvgIpc) is 2.07. The molecule has 0 aliphatic carbocycles. The van der Waals surface area contributed by atoms with E-state index >= 15 is 0 Å². The van der Waals surface area contributed by atoms with Crippen LogP contribution in [0.2, 0.25) is 0 Å². The highest BCUT2D eigenvalue weighted by atomic mass is 79.9. The molecule has 0 bridgehead atoms. The Morgan fingerprint density at radius 2 is 1.93 bits per heavy atom. The molecule has 0 saturated carbocycles. The second-order valence-corrected chi connectivity index (χ2v) is 3.59. The predicted molar refractivity (Wildman–Crippen MR) is 53.9 cm³/mol. The van der Waals surface area contributed by atoms with Crippen LogP contribution >= 0.6 is 15.9 Å². The van der Waals surface area contributed by atoms with Gasteiger partial charge >= 0.3 is 6.18 Å². The molecule has 0 radical (unpaired) electrons. The molecule has 0 unspecified atom stereocenters. The summed E-state index contributed by atoms with van der Waals surface area (Å²) in [5.41, 5.74) is -0.101. The van der Waals surface area contributed by atoms with Gasteiger partial charge in [0.05, 0.1) is 5.56 Å². The Bertz CT molecular complexity index is 353. The highest BCUT2D eigenvalue weighted by Gasteiger charge is 2.32. The van der Waals surface area contributed by atoms with E-state index in [1.165, 1.54) is 6.07 Å². The summed E-state index contributed by atoms with van der Waals surface area (Å²) < 4.78 is 37.3. The van der Waals surface area contributed by atoms with E-state index in [1.807, 2.05) is 0 Å². The lowest BCUT2D eigenvalue weighted by molar-refractivity contribution is -0.138. The number of allylic oxidation sites excluding steroid dienone is 1. The van der Waals surface area contributed by atoms with Crippen LogP contribution in [0, 0.1) is 0 Å². The normalized spacial score (nSPS) is 12.4. The quantitative estimate of drug-likeness (QED) is 0.701. The van der Waals surface area contributed by atoms with Crippen LogP contribution in [-0.4, -0.2) is 0 Å². The second-order valence-electron chi connectivity index (χ2n) is 2.74. The van der Waals surface area contributed by atoms with Crippen LogP contribution in [0.15, 0.2) is 28.7 Å². The SMILES string of the molecule is CC=Cc1ccc(Br)c(C(F)(F)F)c1. The maximum absolute atomic E-state index is 12.4. The Morgan fingerprint density at radius 1 is 1.29 bits per heavy atom. The standard InChI is InChI=1S/C10H8BrF3/c1-2-3-7-4-5-9(11)8(6-7)10(12,13)14/h2-6H,1H3. The topological polar surface area (TPSA) is 0 Å². The molecular weight excluding hydrogens is 257 g/mol. The lowest BCUT2D eigenvalue weighted by atomic mass is 10.1. The Hall–Kier alpha value is -0.770. The van der Waals surface area contributed by atoms with Crippen LogP contribution in [0.3, 0.4) is 0 Å². The van der Waals surface area contributed by atoms with E-state index < -0.39 is 11.7 Å². The summed E-state index contributed by atoms with van der Waals surface area (Å²) in [5.74, 6) is 0. The molecule has 4 heteroatoms. The molecule has 14 heavy (non-hydrogen) atoms. The highest BCUT2D eigenvalue weighted by Crippen LogP contribution is 2.35. The molecule has 0 amide bonds. The fourth-order valence-corrected chi connectivity index (χ4v) is 1.53. The zero-order chi connectivity index (χ0) is 10.8. The van der Waals surface area contributed by atoms with E-state index in [0.717, 1.165) is 6.07 Å². The van der Waals surface area contributed by atoms with E-state index in [0.29, 0.717) is 5.56 Å². The zero-order valence-electron chi connectivity index (χ0n) is 7.40. The van der Waals surface area contributed by atoms with Gasteiger partial charge in [0.25, 0.3) is 0 Å². The van der Waals surface area contributed by atoms with Gasteiger partial charge in [0.15, 0.2) is 0 Å². The highest BCUT2D eigenvalue weighted by molar-refractivity contribution is 9.10. The lowest BCUT2D eigenvalue weighted by Crippen LogP contribution is -2.06. The molecule has 0 N–H and O–H groups in total. The van der Waals surface area contributed by atoms with Crippen LogP contribution in [0.5, 0.6) is 0 Å². The third kappa shape index (κ3) is 2.61. The summed E-state index contributed by atoms with van der Waals surface area (Å²) in [4.78, 5) is 0. The third-order valence-corrected chi connectivity index (χ3v) is 2.35. The molecule has 0 aliphatic heterocycles. The van der Waals surface area contributed by atoms with Crippen molar-refractivity contribution in [1.29, 1.82) is 0 Å². The molecule has 1 aromatic rings. The van der Waals surface area contributed by atoms with Gasteiger partial charge in [-0.05, 0) is 24.6 Å². The van der Waals surface area contributed by atoms with E-state index in [1.54, 1.807) is 25.1 Å². The molecule has 1 aromatic carbocycles. The van der Waals surface area contributed by atoms with Crippen molar-refractivity contribution >= 4 is 22.0 Å². The largest absolute Gasteiger partial charge is 0.417 e. The van der Waals surface area contributed by atoms with Gasteiger partial charge in [-0.25, -0.2) is 0 Å². The molecule has 0 aliphatic rings. The summed E-state index contributed by atoms with van der Waals surface area (Å²) in [6.45, 7) is 1.76. The van der Waals surface area contributed by atoms with E-state index in [2.05, 4.69) is 15.9 Å². The lowest BCUT2D eigenvalue weighted by Gasteiger charge is -2.09. The summed E-state index contributed by atoms with van der Waals surface area (Å²) in [6.07, 6.45) is -0.985. The second kappa shape index (κ2) is 4.17. The van der Waals surface area contributed by atoms with Crippen LogP contribution in [0.1, 0.15) is 18.1 Å². The van der Waals surface area contributed by atoms with Crippen molar-refractivity contribution in [2.45, 2.75) is 13.1 Å². The first-order valence-electron chi connectivity index (χ1n) is 3.94. The van der Waals surface area contributed by atoms with Crippen molar-refractivity contribution in [2.75, 3.05) is 0 Å². The first-order chi connectivity index (χ1) is 6.45. The third-order valence-electron chi connectivity index (χ3n) is 1.65. The molecule has 0 fully saturated rings. The first-order valence-corrected chi connectivity index (χ1v) is 4.74. The maximum Gasteiger partial charge on any atom is 0.417 e. The van der Waals surface area contributed by atoms with Crippen LogP contribution in [0.25, 0.3) is 6.08 Å². The predicted octanol–water partition coefficient (Wildman–Crippen LogP) is 4.50. The number of halogens is 4. The van der Waals surface area contributed by atoms with Gasteiger partial charge in [-0.3, -0.25) is 0 Å². The first kappa shape index (κ1) is 11.3. The number of benzene rings is 1. The van der Waals surface area contributed by atoms with Gasteiger partial charge in [0.2, 0.25) is 0 Å². The summed E-state index contributed by atoms with van der Waals surface area (Å²) >= 11 is 2.87. The van der Waals surface area contributed by atoms with Gasteiger partial charge in [-0.2, -0.15) is 13.2 Å². The van der Waals surface area contributed by atoms with Crippen LogP contribution in [-0.2, 0) is 6.18 Å². The monoisotopic (exact) mass is 264 g/mol. The van der Waals surface area contributed by atoms with Gasteiger partial charge in [-0.1, -0.05) is 34.1 Å². The zero-order valence-corrected chi connectivity index (χ0v) is 8.98. The Balaban J connectivity index is 3.22. The van der Waals surface area contributed by atoms with Crippen molar-refractivity contribution in [1.82, 2.24) is 0 Å². The van der Waals surface area contributed by atoms with Crippen LogP contribution < -0.4 is 0 Å². The Kier molecular flexibility index (Phi) is 3.37. The van der Waals surface area contributed by atoms with Crippen molar-refractivity contribution in [2.24, 2.45) is 0 Å². The number of hydrogen-bond donors (Lipinski definition) is 0. The summed E-state index contributed by atoms with van der Waals surface area (Å²) in [5, 5.41) is 0. The molecule has 0 nitrogen and oxygen atoms in total. The maximum atomic E-state index is 12.4. The van der Waals surface area contributed by atoms with E-state index in [9.17, 15) is 13.2 Å². The molecule has 1 rings (SSSR count). The van der Waals surface area contributed by atoms with Gasteiger partial charge in [0, 0.05) is 4.47 Å². The van der Waals surface area contributed by atoms with Crippen molar-refractivity contribution in [3.8, 4) is 0 Å². The molecule has 0 saturated heterocycles. The molecule has 76 valence electrons.